The van der Waals surface area contributed by atoms with Crippen molar-refractivity contribution in [3.05, 3.63) is 42.1 Å². The minimum absolute atomic E-state index is 0.0865. The van der Waals surface area contributed by atoms with Gasteiger partial charge in [-0.15, -0.1) is 0 Å². The Morgan fingerprint density at radius 1 is 1.19 bits per heavy atom. The van der Waals surface area contributed by atoms with Crippen molar-refractivity contribution in [2.24, 2.45) is 0 Å². The lowest BCUT2D eigenvalue weighted by molar-refractivity contribution is -0.129. The van der Waals surface area contributed by atoms with E-state index in [1.807, 2.05) is 11.0 Å². The second-order valence-electron chi connectivity index (χ2n) is 6.58. The first-order chi connectivity index (χ1) is 13.0. The molecule has 0 saturated carbocycles. The third kappa shape index (κ3) is 3.36. The number of likely N-dealkylation sites (tertiary alicyclic amines) is 1. The minimum Gasteiger partial charge on any atom is -0.343 e. The van der Waals surface area contributed by atoms with Gasteiger partial charge >= 0.3 is 0 Å². The number of hydrogen-bond acceptors (Lipinski definition) is 5. The number of imidazole rings is 1. The lowest BCUT2D eigenvalue weighted by Gasteiger charge is -2.30. The highest BCUT2D eigenvalue weighted by Crippen LogP contribution is 2.29. The average molecular weight is 372 g/mol. The fourth-order valence-electron chi connectivity index (χ4n) is 3.40. The van der Waals surface area contributed by atoms with Gasteiger partial charge in [-0.1, -0.05) is 0 Å². The van der Waals surface area contributed by atoms with Crippen LogP contribution in [0.15, 0.2) is 30.7 Å². The largest absolute Gasteiger partial charge is 0.343 e. The van der Waals surface area contributed by atoms with E-state index in [1.54, 1.807) is 13.1 Å². The van der Waals surface area contributed by atoms with Gasteiger partial charge in [0.2, 0.25) is 5.91 Å². The molecule has 0 aliphatic carbocycles. The number of amides is 1. The van der Waals surface area contributed by atoms with Crippen LogP contribution in [-0.2, 0) is 4.79 Å². The summed E-state index contributed by atoms with van der Waals surface area (Å²) in [5.41, 5.74) is 2.16. The lowest BCUT2D eigenvalue weighted by atomic mass is 9.93. The highest BCUT2D eigenvalue weighted by atomic mass is 19.3. The number of piperidine rings is 1. The molecule has 3 aromatic rings. The molecule has 140 valence electrons. The maximum atomic E-state index is 13.0. The molecule has 1 aliphatic heterocycles. The summed E-state index contributed by atoms with van der Waals surface area (Å²) in [6.45, 7) is 2.98. The van der Waals surface area contributed by atoms with Crippen molar-refractivity contribution in [3.8, 4) is 11.4 Å². The molecule has 0 spiro atoms. The van der Waals surface area contributed by atoms with E-state index in [0.717, 1.165) is 18.5 Å². The summed E-state index contributed by atoms with van der Waals surface area (Å²) in [5.74, 6) is 0.314. The Bertz CT molecular complexity index is 981. The van der Waals surface area contributed by atoms with E-state index in [1.165, 1.54) is 23.0 Å². The fourth-order valence-corrected chi connectivity index (χ4v) is 3.40. The number of nitrogens with zero attached hydrogens (tertiary/aromatic N) is 6. The first kappa shape index (κ1) is 17.4. The van der Waals surface area contributed by atoms with Gasteiger partial charge in [-0.25, -0.2) is 28.2 Å². The quantitative estimate of drug-likeness (QED) is 0.707. The third-order valence-corrected chi connectivity index (χ3v) is 4.92. The van der Waals surface area contributed by atoms with Gasteiger partial charge in [-0.05, 0) is 31.0 Å². The number of fused-ring (bicyclic) bond motifs is 1. The second kappa shape index (κ2) is 6.98. The molecule has 0 atom stereocenters. The molecular formula is C18H18F2N6O. The van der Waals surface area contributed by atoms with Gasteiger partial charge in [-0.2, -0.15) is 5.10 Å². The van der Waals surface area contributed by atoms with Crippen LogP contribution in [-0.4, -0.2) is 48.5 Å². The van der Waals surface area contributed by atoms with Gasteiger partial charge in [0, 0.05) is 31.6 Å². The third-order valence-electron chi connectivity index (χ3n) is 4.92. The summed E-state index contributed by atoms with van der Waals surface area (Å²) in [4.78, 5) is 26.2. The van der Waals surface area contributed by atoms with Crippen LogP contribution in [0.2, 0.25) is 0 Å². The highest BCUT2D eigenvalue weighted by Gasteiger charge is 2.23. The highest BCUT2D eigenvalue weighted by molar-refractivity contribution is 5.73. The van der Waals surface area contributed by atoms with Gasteiger partial charge in [0.15, 0.2) is 5.65 Å². The molecule has 1 saturated heterocycles. The van der Waals surface area contributed by atoms with E-state index < -0.39 is 6.43 Å². The molecule has 4 rings (SSSR count). The monoisotopic (exact) mass is 372 g/mol. The average Bonchev–Trinajstić information content (AvgIpc) is 3.11. The topological polar surface area (TPSA) is 76.3 Å². The van der Waals surface area contributed by atoms with Crippen molar-refractivity contribution in [1.29, 1.82) is 0 Å². The number of alkyl halides is 2. The van der Waals surface area contributed by atoms with Gasteiger partial charge < -0.3 is 4.90 Å². The number of carbonyl (C=O) groups is 1. The van der Waals surface area contributed by atoms with Crippen LogP contribution in [0, 0.1) is 0 Å². The Morgan fingerprint density at radius 2 is 1.96 bits per heavy atom. The summed E-state index contributed by atoms with van der Waals surface area (Å²) >= 11 is 0. The Morgan fingerprint density at radius 3 is 2.67 bits per heavy atom. The van der Waals surface area contributed by atoms with Crippen LogP contribution in [0.3, 0.4) is 0 Å². The molecule has 27 heavy (non-hydrogen) atoms. The van der Waals surface area contributed by atoms with Crippen LogP contribution < -0.4 is 0 Å². The fraction of sp³-hybridized carbons (Fsp3) is 0.389. The van der Waals surface area contributed by atoms with Crippen LogP contribution in [0.5, 0.6) is 0 Å². The van der Waals surface area contributed by atoms with Crippen LogP contribution >= 0.6 is 0 Å². The SMILES string of the molecule is CC(=O)N1CCC(c2cc(-c3cnc4ccc(C(F)F)nn34)ncn2)CC1. The first-order valence-corrected chi connectivity index (χ1v) is 8.73. The number of halogens is 2. The zero-order valence-corrected chi connectivity index (χ0v) is 14.7. The van der Waals surface area contributed by atoms with Crippen LogP contribution in [0.4, 0.5) is 8.78 Å². The van der Waals surface area contributed by atoms with Gasteiger partial charge in [0.05, 0.1) is 11.9 Å². The molecule has 0 radical (unpaired) electrons. The van der Waals surface area contributed by atoms with Crippen molar-refractivity contribution in [1.82, 2.24) is 29.5 Å². The maximum absolute atomic E-state index is 13.0. The van der Waals surface area contributed by atoms with E-state index in [0.29, 0.717) is 30.1 Å². The van der Waals surface area contributed by atoms with Crippen molar-refractivity contribution in [2.45, 2.75) is 32.1 Å². The van der Waals surface area contributed by atoms with Crippen LogP contribution in [0.1, 0.15) is 43.5 Å². The molecule has 1 aliphatic rings. The summed E-state index contributed by atoms with van der Waals surface area (Å²) in [6, 6.07) is 4.64. The van der Waals surface area contributed by atoms with Crippen molar-refractivity contribution in [2.75, 3.05) is 13.1 Å². The Hall–Kier alpha value is -2.97. The minimum atomic E-state index is -2.66. The van der Waals surface area contributed by atoms with Crippen molar-refractivity contribution < 1.29 is 13.6 Å². The molecule has 4 heterocycles. The van der Waals surface area contributed by atoms with E-state index in [-0.39, 0.29) is 17.5 Å². The van der Waals surface area contributed by atoms with Gasteiger partial charge in [-0.3, -0.25) is 4.79 Å². The van der Waals surface area contributed by atoms with Crippen LogP contribution in [0.25, 0.3) is 17.0 Å². The molecule has 3 aromatic heterocycles. The molecule has 7 nitrogen and oxygen atoms in total. The Balaban J connectivity index is 1.64. The number of rotatable bonds is 3. The number of carbonyl (C=O) groups excluding carboxylic acids is 1. The van der Waals surface area contributed by atoms with E-state index >= 15 is 0 Å². The maximum Gasteiger partial charge on any atom is 0.282 e. The summed E-state index contributed by atoms with van der Waals surface area (Å²) < 4.78 is 27.3. The predicted octanol–water partition coefficient (Wildman–Crippen LogP) is 2.85. The second-order valence-corrected chi connectivity index (χ2v) is 6.58. The van der Waals surface area contributed by atoms with Gasteiger partial charge in [0.25, 0.3) is 6.43 Å². The zero-order valence-electron chi connectivity index (χ0n) is 14.7. The van der Waals surface area contributed by atoms with E-state index in [2.05, 4.69) is 20.1 Å². The summed E-state index contributed by atoms with van der Waals surface area (Å²) in [7, 11) is 0. The Labute approximate surface area is 154 Å². The van der Waals surface area contributed by atoms with Crippen molar-refractivity contribution >= 4 is 11.6 Å². The summed E-state index contributed by atoms with van der Waals surface area (Å²) in [5, 5.41) is 3.98. The molecule has 0 bridgehead atoms. The molecule has 0 aromatic carbocycles. The lowest BCUT2D eigenvalue weighted by Crippen LogP contribution is -2.36. The van der Waals surface area contributed by atoms with Crippen molar-refractivity contribution in [3.63, 3.8) is 0 Å². The zero-order chi connectivity index (χ0) is 19.0. The number of aromatic nitrogens is 5. The van der Waals surface area contributed by atoms with E-state index in [9.17, 15) is 13.6 Å². The summed E-state index contributed by atoms with van der Waals surface area (Å²) in [6.07, 6.45) is 2.05. The normalized spacial score (nSPS) is 15.6. The number of hydrogen-bond donors (Lipinski definition) is 0. The molecule has 1 fully saturated rings. The van der Waals surface area contributed by atoms with Gasteiger partial charge in [0.1, 0.15) is 17.7 Å². The Kier molecular flexibility index (Phi) is 4.51. The molecule has 9 heteroatoms. The first-order valence-electron chi connectivity index (χ1n) is 8.73. The molecule has 0 N–H and O–H groups in total. The predicted molar refractivity (Wildman–Crippen MR) is 93.2 cm³/mol. The molecular weight excluding hydrogens is 354 g/mol. The smallest absolute Gasteiger partial charge is 0.282 e. The van der Waals surface area contributed by atoms with E-state index in [4.69, 9.17) is 0 Å². The standard InChI is InChI=1S/C18H18F2N6O/c1-11(27)25-6-4-12(5-7-25)14-8-15(23-10-22-14)16-9-21-17-3-2-13(18(19)20)24-26(16)17/h2-3,8-10,12,18H,4-7H2,1H3. The molecule has 1 amide bonds. The molecule has 0 unspecified atom stereocenters.